The monoisotopic (exact) mass is 196 g/mol. The fourth-order valence-electron chi connectivity index (χ4n) is 1.34. The molecule has 0 aromatic heterocycles. The standard InChI is InChI=1S/C10H16N2O2/c11-6-2-4-8(12)7-3-1-5-9(13)10(7)14/h1,3,5,8,13-14H,2,4,6,11-12H2/t8-/m0/s1. The zero-order chi connectivity index (χ0) is 10.6. The smallest absolute Gasteiger partial charge is 0.162 e. The van der Waals surface area contributed by atoms with Gasteiger partial charge in [-0.25, -0.2) is 0 Å². The Morgan fingerprint density at radius 3 is 2.64 bits per heavy atom. The van der Waals surface area contributed by atoms with Crippen molar-refractivity contribution in [2.45, 2.75) is 18.9 Å². The van der Waals surface area contributed by atoms with Crippen molar-refractivity contribution >= 4 is 0 Å². The summed E-state index contributed by atoms with van der Waals surface area (Å²) in [6.07, 6.45) is 1.50. The fraction of sp³-hybridized carbons (Fsp3) is 0.400. The van der Waals surface area contributed by atoms with Gasteiger partial charge in [0.05, 0.1) is 0 Å². The van der Waals surface area contributed by atoms with Gasteiger partial charge in [0.15, 0.2) is 11.5 Å². The van der Waals surface area contributed by atoms with Crippen LogP contribution in [0.15, 0.2) is 18.2 Å². The van der Waals surface area contributed by atoms with E-state index in [-0.39, 0.29) is 17.5 Å². The highest BCUT2D eigenvalue weighted by atomic mass is 16.3. The Balaban J connectivity index is 2.79. The number of benzene rings is 1. The van der Waals surface area contributed by atoms with E-state index in [1.54, 1.807) is 12.1 Å². The number of para-hydroxylation sites is 1. The maximum absolute atomic E-state index is 9.51. The largest absolute Gasteiger partial charge is 0.504 e. The van der Waals surface area contributed by atoms with Crippen LogP contribution in [0, 0.1) is 0 Å². The third-order valence-electron chi connectivity index (χ3n) is 2.16. The van der Waals surface area contributed by atoms with Crippen LogP contribution in [-0.4, -0.2) is 16.8 Å². The van der Waals surface area contributed by atoms with Gasteiger partial charge in [-0.2, -0.15) is 0 Å². The van der Waals surface area contributed by atoms with Crippen LogP contribution in [-0.2, 0) is 0 Å². The fourth-order valence-corrected chi connectivity index (χ4v) is 1.34. The molecule has 1 aromatic carbocycles. The first kappa shape index (κ1) is 10.8. The lowest BCUT2D eigenvalue weighted by Crippen LogP contribution is -2.12. The van der Waals surface area contributed by atoms with Crippen molar-refractivity contribution in [3.05, 3.63) is 23.8 Å². The van der Waals surface area contributed by atoms with Crippen LogP contribution in [0.2, 0.25) is 0 Å². The van der Waals surface area contributed by atoms with Crippen molar-refractivity contribution in [1.82, 2.24) is 0 Å². The van der Waals surface area contributed by atoms with Crippen molar-refractivity contribution in [2.24, 2.45) is 11.5 Å². The average molecular weight is 196 g/mol. The molecule has 0 saturated heterocycles. The van der Waals surface area contributed by atoms with Gasteiger partial charge in [0.25, 0.3) is 0 Å². The molecule has 0 unspecified atom stereocenters. The van der Waals surface area contributed by atoms with E-state index in [1.165, 1.54) is 6.07 Å². The maximum atomic E-state index is 9.51. The molecule has 1 aromatic rings. The van der Waals surface area contributed by atoms with Gasteiger partial charge in [-0.3, -0.25) is 0 Å². The summed E-state index contributed by atoms with van der Waals surface area (Å²) >= 11 is 0. The van der Waals surface area contributed by atoms with E-state index in [4.69, 9.17) is 11.5 Å². The molecule has 0 heterocycles. The second-order valence-corrected chi connectivity index (χ2v) is 3.25. The number of aromatic hydroxyl groups is 2. The molecule has 0 amide bonds. The first-order valence-corrected chi connectivity index (χ1v) is 4.63. The average Bonchev–Trinajstić information content (AvgIpc) is 2.18. The molecule has 6 N–H and O–H groups in total. The van der Waals surface area contributed by atoms with E-state index in [9.17, 15) is 10.2 Å². The van der Waals surface area contributed by atoms with Crippen molar-refractivity contribution in [3.63, 3.8) is 0 Å². The number of hydrogen-bond donors (Lipinski definition) is 4. The highest BCUT2D eigenvalue weighted by Crippen LogP contribution is 2.32. The quantitative estimate of drug-likeness (QED) is 0.537. The highest BCUT2D eigenvalue weighted by Gasteiger charge is 2.12. The summed E-state index contributed by atoms with van der Waals surface area (Å²) in [4.78, 5) is 0. The molecule has 0 aliphatic carbocycles. The molecule has 0 aliphatic rings. The number of nitrogens with two attached hydrogens (primary N) is 2. The summed E-state index contributed by atoms with van der Waals surface area (Å²) in [5, 5.41) is 18.8. The second-order valence-electron chi connectivity index (χ2n) is 3.25. The van der Waals surface area contributed by atoms with Gasteiger partial charge >= 0.3 is 0 Å². The molecule has 4 heteroatoms. The first-order valence-electron chi connectivity index (χ1n) is 4.63. The summed E-state index contributed by atoms with van der Waals surface area (Å²) < 4.78 is 0. The lowest BCUT2D eigenvalue weighted by atomic mass is 10.0. The molecule has 0 saturated carbocycles. The van der Waals surface area contributed by atoms with Gasteiger partial charge in [0.2, 0.25) is 0 Å². The third-order valence-corrected chi connectivity index (χ3v) is 2.16. The van der Waals surface area contributed by atoms with Gasteiger partial charge in [0, 0.05) is 11.6 Å². The molecule has 0 bridgehead atoms. The minimum atomic E-state index is -0.273. The van der Waals surface area contributed by atoms with Gasteiger partial charge in [-0.05, 0) is 25.5 Å². The highest BCUT2D eigenvalue weighted by molar-refractivity contribution is 5.45. The first-order chi connectivity index (χ1) is 6.66. The van der Waals surface area contributed by atoms with Crippen LogP contribution in [0.5, 0.6) is 11.5 Å². The predicted octanol–water partition coefficient (Wildman–Crippen LogP) is 0.836. The molecule has 0 spiro atoms. The van der Waals surface area contributed by atoms with Crippen LogP contribution in [0.25, 0.3) is 0 Å². The summed E-state index contributed by atoms with van der Waals surface area (Å²) in [6, 6.07) is 4.52. The Morgan fingerprint density at radius 1 is 1.29 bits per heavy atom. The van der Waals surface area contributed by atoms with Crippen molar-refractivity contribution in [1.29, 1.82) is 0 Å². The maximum Gasteiger partial charge on any atom is 0.162 e. The van der Waals surface area contributed by atoms with Crippen molar-refractivity contribution in [2.75, 3.05) is 6.54 Å². The van der Waals surface area contributed by atoms with Gasteiger partial charge in [-0.1, -0.05) is 12.1 Å². The molecule has 1 rings (SSSR count). The van der Waals surface area contributed by atoms with Gasteiger partial charge in [0.1, 0.15) is 0 Å². The number of rotatable bonds is 4. The number of phenolic OH excluding ortho intramolecular Hbond substituents is 2. The van der Waals surface area contributed by atoms with Crippen LogP contribution < -0.4 is 11.5 Å². The summed E-state index contributed by atoms with van der Waals surface area (Å²) in [5.74, 6) is -0.261. The topological polar surface area (TPSA) is 92.5 Å². The minimum Gasteiger partial charge on any atom is -0.504 e. The van der Waals surface area contributed by atoms with Crippen LogP contribution >= 0.6 is 0 Å². The van der Waals surface area contributed by atoms with Crippen LogP contribution in [0.3, 0.4) is 0 Å². The van der Waals surface area contributed by atoms with E-state index in [0.717, 1.165) is 6.42 Å². The van der Waals surface area contributed by atoms with E-state index in [0.29, 0.717) is 18.5 Å². The van der Waals surface area contributed by atoms with Gasteiger partial charge in [-0.15, -0.1) is 0 Å². The van der Waals surface area contributed by atoms with Crippen LogP contribution in [0.4, 0.5) is 0 Å². The molecule has 0 fully saturated rings. The number of hydrogen-bond acceptors (Lipinski definition) is 4. The molecular weight excluding hydrogens is 180 g/mol. The predicted molar refractivity (Wildman–Crippen MR) is 55.0 cm³/mol. The zero-order valence-corrected chi connectivity index (χ0v) is 7.98. The molecule has 0 aliphatic heterocycles. The van der Waals surface area contributed by atoms with Crippen molar-refractivity contribution in [3.8, 4) is 11.5 Å². The molecule has 4 nitrogen and oxygen atoms in total. The van der Waals surface area contributed by atoms with E-state index in [1.807, 2.05) is 0 Å². The summed E-state index contributed by atoms with van der Waals surface area (Å²) in [7, 11) is 0. The van der Waals surface area contributed by atoms with E-state index >= 15 is 0 Å². The Labute approximate surface area is 83.2 Å². The summed E-state index contributed by atoms with van der Waals surface area (Å²) in [5.41, 5.74) is 11.7. The Hall–Kier alpha value is -1.26. The molecule has 0 radical (unpaired) electrons. The second kappa shape index (κ2) is 4.83. The summed E-state index contributed by atoms with van der Waals surface area (Å²) in [6.45, 7) is 0.577. The molecule has 78 valence electrons. The zero-order valence-electron chi connectivity index (χ0n) is 7.98. The Morgan fingerprint density at radius 2 is 2.00 bits per heavy atom. The molecule has 14 heavy (non-hydrogen) atoms. The van der Waals surface area contributed by atoms with Gasteiger partial charge < -0.3 is 21.7 Å². The lowest BCUT2D eigenvalue weighted by molar-refractivity contribution is 0.394. The van der Waals surface area contributed by atoms with Crippen molar-refractivity contribution < 1.29 is 10.2 Å². The normalized spacial score (nSPS) is 12.7. The molecular formula is C10H16N2O2. The Bertz CT molecular complexity index is 302. The van der Waals surface area contributed by atoms with E-state index in [2.05, 4.69) is 0 Å². The molecule has 1 atom stereocenters. The van der Waals surface area contributed by atoms with Crippen LogP contribution in [0.1, 0.15) is 24.4 Å². The minimum absolute atomic E-state index is 0.128. The SMILES string of the molecule is NCCC[C@H](N)c1cccc(O)c1O. The Kier molecular flexibility index (Phi) is 3.73. The number of phenols is 2. The lowest BCUT2D eigenvalue weighted by Gasteiger charge is -2.13. The third kappa shape index (κ3) is 2.37. The van der Waals surface area contributed by atoms with E-state index < -0.39 is 0 Å².